The van der Waals surface area contributed by atoms with Crippen LogP contribution in [0.25, 0.3) is 5.57 Å². The Balaban J connectivity index is 1.99. The summed E-state index contributed by atoms with van der Waals surface area (Å²) in [4.78, 5) is 2.14. The number of nitrogens with one attached hydrogen (secondary N) is 3. The predicted octanol–water partition coefficient (Wildman–Crippen LogP) is 5.10. The first kappa shape index (κ1) is 23.4. The maximum atomic E-state index is 9.90. The number of fused-ring (bicyclic) bond motifs is 1. The molecule has 2 aliphatic rings. The van der Waals surface area contributed by atoms with E-state index in [1.54, 1.807) is 6.08 Å². The van der Waals surface area contributed by atoms with Gasteiger partial charge in [-0.05, 0) is 53.3 Å². The second-order valence-corrected chi connectivity index (χ2v) is 8.58. The Labute approximate surface area is 192 Å². The molecule has 2 aliphatic heterocycles. The minimum absolute atomic E-state index is 0.0242. The Bertz CT molecular complexity index is 999. The van der Waals surface area contributed by atoms with Crippen LogP contribution < -0.4 is 10.6 Å². The van der Waals surface area contributed by atoms with Crippen molar-refractivity contribution >= 4 is 11.8 Å². The lowest BCUT2D eigenvalue weighted by molar-refractivity contribution is 0.347. The highest BCUT2D eigenvalue weighted by atomic mass is 15.3. The molecule has 2 heterocycles. The van der Waals surface area contributed by atoms with Gasteiger partial charge in [0.15, 0.2) is 0 Å². The quantitative estimate of drug-likeness (QED) is 0.453. The normalized spacial score (nSPS) is 17.8. The largest absolute Gasteiger partial charge is 0.386 e. The van der Waals surface area contributed by atoms with E-state index in [4.69, 9.17) is 5.41 Å². The van der Waals surface area contributed by atoms with E-state index in [-0.39, 0.29) is 6.17 Å². The highest BCUT2D eigenvalue weighted by Gasteiger charge is 2.30. The van der Waals surface area contributed by atoms with Gasteiger partial charge in [-0.15, -0.1) is 0 Å². The van der Waals surface area contributed by atoms with Crippen LogP contribution in [-0.2, 0) is 6.42 Å². The third-order valence-electron chi connectivity index (χ3n) is 6.33. The Morgan fingerprint density at radius 3 is 2.69 bits per heavy atom. The van der Waals surface area contributed by atoms with Crippen LogP contribution in [0.1, 0.15) is 56.2 Å². The van der Waals surface area contributed by atoms with Crippen molar-refractivity contribution in [3.05, 3.63) is 76.3 Å². The average Bonchev–Trinajstić information content (AvgIpc) is 3.24. The number of nitrogens with zero attached hydrogens (tertiary/aromatic N) is 2. The van der Waals surface area contributed by atoms with E-state index in [2.05, 4.69) is 72.0 Å². The van der Waals surface area contributed by atoms with Crippen molar-refractivity contribution in [2.24, 2.45) is 5.92 Å². The molecule has 1 atom stereocenters. The molecule has 0 aliphatic carbocycles. The van der Waals surface area contributed by atoms with E-state index >= 15 is 0 Å². The van der Waals surface area contributed by atoms with E-state index in [0.29, 0.717) is 5.92 Å². The summed E-state index contributed by atoms with van der Waals surface area (Å²) in [6, 6.07) is 8.83. The fourth-order valence-electron chi connectivity index (χ4n) is 4.73. The van der Waals surface area contributed by atoms with Gasteiger partial charge >= 0.3 is 0 Å². The van der Waals surface area contributed by atoms with Crippen molar-refractivity contribution < 1.29 is 0 Å². The molecule has 0 radical (unpaired) electrons. The number of hydrogen-bond donors (Lipinski definition) is 3. The number of benzene rings is 1. The molecular formula is C27H35N5. The van der Waals surface area contributed by atoms with Crippen molar-refractivity contribution in [1.82, 2.24) is 15.5 Å². The molecule has 5 nitrogen and oxygen atoms in total. The van der Waals surface area contributed by atoms with E-state index < -0.39 is 0 Å². The van der Waals surface area contributed by atoms with Gasteiger partial charge in [-0.2, -0.15) is 5.26 Å². The molecule has 0 saturated heterocycles. The maximum absolute atomic E-state index is 9.90. The molecule has 5 heteroatoms. The summed E-state index contributed by atoms with van der Waals surface area (Å²) in [6.07, 6.45) is 15.2. The minimum atomic E-state index is 0.0242. The van der Waals surface area contributed by atoms with Gasteiger partial charge in [0.1, 0.15) is 6.17 Å². The summed E-state index contributed by atoms with van der Waals surface area (Å²) >= 11 is 0. The SMILES string of the molecule is CCCC(CCC)Cc1ccc(C2=C3C=C(/C(=C/C=N)NC)NC3N(C)C=C2)cc1C#N. The summed E-state index contributed by atoms with van der Waals surface area (Å²) < 4.78 is 0. The fourth-order valence-corrected chi connectivity index (χ4v) is 4.73. The highest BCUT2D eigenvalue weighted by molar-refractivity contribution is 5.82. The molecule has 0 saturated carbocycles. The van der Waals surface area contributed by atoms with Crippen LogP contribution in [0.3, 0.4) is 0 Å². The Kier molecular flexibility index (Phi) is 7.94. The number of nitriles is 1. The molecule has 3 N–H and O–H groups in total. The van der Waals surface area contributed by atoms with Gasteiger partial charge in [0.05, 0.1) is 23.0 Å². The van der Waals surface area contributed by atoms with Crippen LogP contribution in [0.2, 0.25) is 0 Å². The Morgan fingerprint density at radius 1 is 1.31 bits per heavy atom. The molecule has 0 bridgehead atoms. The smallest absolute Gasteiger partial charge is 0.126 e. The zero-order chi connectivity index (χ0) is 23.1. The molecular weight excluding hydrogens is 394 g/mol. The zero-order valence-corrected chi connectivity index (χ0v) is 19.7. The van der Waals surface area contributed by atoms with Crippen LogP contribution in [0.5, 0.6) is 0 Å². The summed E-state index contributed by atoms with van der Waals surface area (Å²) in [5, 5.41) is 24.0. The zero-order valence-electron chi connectivity index (χ0n) is 19.7. The number of likely N-dealkylation sites (N-methyl/N-ethyl adjacent to an activating group) is 2. The third-order valence-corrected chi connectivity index (χ3v) is 6.33. The monoisotopic (exact) mass is 429 g/mol. The van der Waals surface area contributed by atoms with Crippen molar-refractivity contribution in [1.29, 1.82) is 10.7 Å². The van der Waals surface area contributed by atoms with Gasteiger partial charge in [0.25, 0.3) is 0 Å². The topological polar surface area (TPSA) is 74.9 Å². The minimum Gasteiger partial charge on any atom is -0.386 e. The van der Waals surface area contributed by atoms with Crippen molar-refractivity contribution in [2.45, 2.75) is 52.1 Å². The molecule has 0 fully saturated rings. The lowest BCUT2D eigenvalue weighted by Crippen LogP contribution is -2.40. The van der Waals surface area contributed by atoms with Gasteiger partial charge < -0.3 is 20.9 Å². The van der Waals surface area contributed by atoms with Gasteiger partial charge in [-0.25, -0.2) is 0 Å². The maximum Gasteiger partial charge on any atom is 0.126 e. The van der Waals surface area contributed by atoms with Crippen molar-refractivity contribution in [3.63, 3.8) is 0 Å². The van der Waals surface area contributed by atoms with E-state index in [9.17, 15) is 5.26 Å². The molecule has 0 spiro atoms. The van der Waals surface area contributed by atoms with Gasteiger partial charge in [-0.3, -0.25) is 0 Å². The van der Waals surface area contributed by atoms with E-state index in [1.807, 2.05) is 14.1 Å². The molecule has 0 aromatic heterocycles. The first-order valence-corrected chi connectivity index (χ1v) is 11.6. The van der Waals surface area contributed by atoms with Crippen LogP contribution in [-0.4, -0.2) is 31.4 Å². The first-order valence-electron chi connectivity index (χ1n) is 11.6. The second-order valence-electron chi connectivity index (χ2n) is 8.58. The number of allylic oxidation sites excluding steroid dienone is 3. The van der Waals surface area contributed by atoms with Crippen LogP contribution in [0.4, 0.5) is 0 Å². The van der Waals surface area contributed by atoms with Crippen LogP contribution in [0, 0.1) is 22.7 Å². The Hall–Kier alpha value is -3.26. The lowest BCUT2D eigenvalue weighted by atomic mass is 9.87. The van der Waals surface area contributed by atoms with Crippen molar-refractivity contribution in [2.75, 3.05) is 14.1 Å². The summed E-state index contributed by atoms with van der Waals surface area (Å²) in [5.74, 6) is 0.641. The average molecular weight is 430 g/mol. The fraction of sp³-hybridized carbons (Fsp3) is 0.407. The molecule has 1 unspecified atom stereocenters. The second kappa shape index (κ2) is 10.9. The van der Waals surface area contributed by atoms with E-state index in [0.717, 1.165) is 40.1 Å². The first-order chi connectivity index (χ1) is 15.6. The molecule has 1 aromatic rings. The third kappa shape index (κ3) is 4.96. The lowest BCUT2D eigenvalue weighted by Gasteiger charge is -2.30. The number of rotatable bonds is 10. The Morgan fingerprint density at radius 2 is 2.06 bits per heavy atom. The van der Waals surface area contributed by atoms with Gasteiger partial charge in [-0.1, -0.05) is 51.7 Å². The van der Waals surface area contributed by atoms with Gasteiger partial charge in [0.2, 0.25) is 0 Å². The molecule has 1 aromatic carbocycles. The molecule has 168 valence electrons. The van der Waals surface area contributed by atoms with Crippen molar-refractivity contribution in [3.8, 4) is 6.07 Å². The standard InChI is InChI=1S/C27H35N5/c1-5-7-19(8-6-2)15-20-9-10-21(16-22(20)18-29)23-12-14-32(4)27-24(23)17-26(31-27)25(30-3)11-13-28/h9-14,16-17,19,27-28,30-31H,5-8,15H2,1-4H3/b25-11-,28-13?. The summed E-state index contributed by atoms with van der Waals surface area (Å²) in [7, 11) is 3.91. The van der Waals surface area contributed by atoms with E-state index in [1.165, 1.54) is 37.5 Å². The number of hydrogen-bond acceptors (Lipinski definition) is 5. The predicted molar refractivity (Wildman–Crippen MR) is 133 cm³/mol. The summed E-state index contributed by atoms with van der Waals surface area (Å²) in [5.41, 5.74) is 7.15. The molecule has 32 heavy (non-hydrogen) atoms. The highest BCUT2D eigenvalue weighted by Crippen LogP contribution is 2.35. The molecule has 0 amide bonds. The molecule has 3 rings (SSSR count). The van der Waals surface area contributed by atoms with Crippen LogP contribution >= 0.6 is 0 Å². The summed E-state index contributed by atoms with van der Waals surface area (Å²) in [6.45, 7) is 4.48. The van der Waals surface area contributed by atoms with Crippen LogP contribution in [0.15, 0.2) is 59.6 Å². The van der Waals surface area contributed by atoms with Gasteiger partial charge in [0, 0.05) is 32.1 Å².